The third-order valence-electron chi connectivity index (χ3n) is 6.95. The van der Waals surface area contributed by atoms with Crippen molar-refractivity contribution in [1.29, 1.82) is 0 Å². The number of nitrogens with zero attached hydrogens (tertiary/aromatic N) is 2. The summed E-state index contributed by atoms with van der Waals surface area (Å²) in [6.07, 6.45) is 11.2. The molecule has 2 fully saturated rings. The van der Waals surface area contributed by atoms with E-state index >= 15 is 0 Å². The number of hydrogen-bond acceptors (Lipinski definition) is 6. The molecule has 0 saturated carbocycles. The molecule has 5 rings (SSSR count). The van der Waals surface area contributed by atoms with Crippen molar-refractivity contribution in [3.8, 4) is 11.3 Å². The van der Waals surface area contributed by atoms with Crippen LogP contribution in [0.15, 0.2) is 61.1 Å². The molecule has 2 bridgehead atoms. The predicted octanol–water partition coefficient (Wildman–Crippen LogP) is 5.24. The number of anilines is 2. The lowest BCUT2D eigenvalue weighted by molar-refractivity contribution is -0.121. The Morgan fingerprint density at radius 1 is 1.22 bits per heavy atom. The van der Waals surface area contributed by atoms with Crippen molar-refractivity contribution in [2.75, 3.05) is 10.6 Å². The first kappa shape index (κ1) is 25.0. The number of halogens is 2. The van der Waals surface area contributed by atoms with Crippen LogP contribution in [-0.4, -0.2) is 39.3 Å². The number of rotatable bonds is 7. The Morgan fingerprint density at radius 2 is 2.03 bits per heavy atom. The molecule has 0 radical (unpaired) electrons. The Hall–Kier alpha value is -3.62. The van der Waals surface area contributed by atoms with Gasteiger partial charge in [0, 0.05) is 48.3 Å². The fourth-order valence-electron chi connectivity index (χ4n) is 5.31. The van der Waals surface area contributed by atoms with Crippen LogP contribution in [0.3, 0.4) is 0 Å². The van der Waals surface area contributed by atoms with Crippen LogP contribution >= 0.6 is 11.6 Å². The molecule has 190 valence electrons. The Labute approximate surface area is 219 Å². The fraction of sp³-hybridized carbons (Fsp3) is 0.286. The summed E-state index contributed by atoms with van der Waals surface area (Å²) in [5, 5.41) is 10.2. The summed E-state index contributed by atoms with van der Waals surface area (Å²) < 4.78 is 13.3. The average molecular weight is 520 g/mol. The summed E-state index contributed by atoms with van der Waals surface area (Å²) in [5.74, 6) is -0.549. The SMILES string of the molecule is CC(=O)Nc1cc(Cl)c(-c2cnccn2)cc1C=CC(=O)[C@]12CC[C@H](C[C@@H](Nc3ccc(F)cc3)C1)N2. The molecule has 3 N–H and O–H groups in total. The molecule has 1 aromatic heterocycles. The van der Waals surface area contributed by atoms with Crippen LogP contribution in [0.25, 0.3) is 17.3 Å². The van der Waals surface area contributed by atoms with Gasteiger partial charge in [-0.05, 0) is 79.8 Å². The maximum atomic E-state index is 13.6. The second-order valence-electron chi connectivity index (χ2n) is 9.64. The topological polar surface area (TPSA) is 96.0 Å². The van der Waals surface area contributed by atoms with Gasteiger partial charge in [-0.3, -0.25) is 19.6 Å². The number of carbonyl (C=O) groups excluding carboxylic acids is 2. The van der Waals surface area contributed by atoms with Gasteiger partial charge in [0.05, 0.1) is 22.5 Å². The van der Waals surface area contributed by atoms with Gasteiger partial charge < -0.3 is 16.0 Å². The highest BCUT2D eigenvalue weighted by molar-refractivity contribution is 6.33. The third kappa shape index (κ3) is 5.55. The number of fused-ring (bicyclic) bond motifs is 2. The Balaban J connectivity index is 1.40. The molecule has 0 unspecified atom stereocenters. The number of carbonyl (C=O) groups is 2. The zero-order valence-corrected chi connectivity index (χ0v) is 21.1. The number of benzene rings is 2. The molecular formula is C28H27ClFN5O2. The van der Waals surface area contributed by atoms with Gasteiger partial charge in [-0.1, -0.05) is 11.6 Å². The van der Waals surface area contributed by atoms with Gasteiger partial charge in [0.2, 0.25) is 5.91 Å². The Morgan fingerprint density at radius 3 is 2.76 bits per heavy atom. The van der Waals surface area contributed by atoms with Crippen LogP contribution in [0.5, 0.6) is 0 Å². The van der Waals surface area contributed by atoms with Gasteiger partial charge in [0.1, 0.15) is 5.82 Å². The quantitative estimate of drug-likeness (QED) is 0.369. The zero-order chi connectivity index (χ0) is 26.0. The normalized spacial score (nSPS) is 22.7. The zero-order valence-electron chi connectivity index (χ0n) is 20.3. The number of aromatic nitrogens is 2. The minimum Gasteiger partial charge on any atom is -0.382 e. The number of ketones is 1. The van der Waals surface area contributed by atoms with Crippen molar-refractivity contribution in [3.05, 3.63) is 77.5 Å². The van der Waals surface area contributed by atoms with Crippen molar-refractivity contribution < 1.29 is 14.0 Å². The number of hydrogen-bond donors (Lipinski definition) is 3. The van der Waals surface area contributed by atoms with Crippen LogP contribution in [0.2, 0.25) is 5.02 Å². The van der Waals surface area contributed by atoms with Gasteiger partial charge in [-0.15, -0.1) is 0 Å². The van der Waals surface area contributed by atoms with E-state index in [9.17, 15) is 14.0 Å². The smallest absolute Gasteiger partial charge is 0.221 e. The minimum absolute atomic E-state index is 0.0228. The monoisotopic (exact) mass is 519 g/mol. The maximum absolute atomic E-state index is 13.6. The van der Waals surface area contributed by atoms with E-state index in [0.29, 0.717) is 34.0 Å². The molecule has 1 amide bonds. The van der Waals surface area contributed by atoms with E-state index in [0.717, 1.165) is 24.9 Å². The summed E-state index contributed by atoms with van der Waals surface area (Å²) in [5.41, 5.74) is 2.53. The summed E-state index contributed by atoms with van der Waals surface area (Å²) in [4.78, 5) is 33.8. The minimum atomic E-state index is -0.675. The van der Waals surface area contributed by atoms with Crippen molar-refractivity contribution >= 4 is 40.7 Å². The van der Waals surface area contributed by atoms with E-state index in [1.54, 1.807) is 55.0 Å². The molecule has 7 nitrogen and oxygen atoms in total. The molecule has 3 aromatic rings. The van der Waals surface area contributed by atoms with Gasteiger partial charge in [-0.2, -0.15) is 0 Å². The van der Waals surface area contributed by atoms with Crippen LogP contribution < -0.4 is 16.0 Å². The van der Waals surface area contributed by atoms with E-state index in [-0.39, 0.29) is 29.6 Å². The van der Waals surface area contributed by atoms with E-state index < -0.39 is 5.54 Å². The first-order chi connectivity index (χ1) is 17.8. The Kier molecular flexibility index (Phi) is 7.04. The largest absolute Gasteiger partial charge is 0.382 e. The second kappa shape index (κ2) is 10.4. The van der Waals surface area contributed by atoms with Crippen LogP contribution in [0.1, 0.15) is 38.2 Å². The van der Waals surface area contributed by atoms with E-state index in [4.69, 9.17) is 11.6 Å². The standard InChI is InChI=1S/C28H27ClFN5O2/c1-17(36)33-25-14-24(29)23(26-16-31-10-11-32-26)12-18(25)2-7-27(37)28-9-8-21(35-28)13-22(15-28)34-20-5-3-19(30)4-6-20/h2-7,10-12,14,16,21-22,34-35H,8-9,13,15H2,1H3,(H,33,36)/t21-,22-,28+/m1/s1. The second-order valence-corrected chi connectivity index (χ2v) is 10.0. The molecule has 0 aliphatic carbocycles. The third-order valence-corrected chi connectivity index (χ3v) is 7.27. The number of piperidine rings is 1. The highest BCUT2D eigenvalue weighted by atomic mass is 35.5. The number of amides is 1. The van der Waals surface area contributed by atoms with Crippen LogP contribution in [0.4, 0.5) is 15.8 Å². The summed E-state index contributed by atoms with van der Waals surface area (Å²) in [6.45, 7) is 1.42. The molecule has 37 heavy (non-hydrogen) atoms. The van der Waals surface area contributed by atoms with Gasteiger partial charge in [-0.25, -0.2) is 4.39 Å². The molecule has 2 aliphatic heterocycles. The van der Waals surface area contributed by atoms with Gasteiger partial charge in [0.15, 0.2) is 5.78 Å². The van der Waals surface area contributed by atoms with E-state index in [1.165, 1.54) is 19.1 Å². The first-order valence-corrected chi connectivity index (χ1v) is 12.6. The summed E-state index contributed by atoms with van der Waals surface area (Å²) in [7, 11) is 0. The lowest BCUT2D eigenvalue weighted by Gasteiger charge is -2.38. The lowest BCUT2D eigenvalue weighted by atomic mass is 9.83. The molecule has 0 spiro atoms. The van der Waals surface area contributed by atoms with E-state index in [1.807, 2.05) is 0 Å². The average Bonchev–Trinajstić information content (AvgIpc) is 3.20. The first-order valence-electron chi connectivity index (χ1n) is 12.2. The molecule has 2 aromatic carbocycles. The van der Waals surface area contributed by atoms with Crippen LogP contribution in [0, 0.1) is 5.82 Å². The highest BCUT2D eigenvalue weighted by Crippen LogP contribution is 2.38. The molecule has 2 saturated heterocycles. The Bertz CT molecular complexity index is 1350. The summed E-state index contributed by atoms with van der Waals surface area (Å²) >= 11 is 6.50. The molecule has 9 heteroatoms. The molecule has 3 heterocycles. The number of nitrogens with one attached hydrogen (secondary N) is 3. The fourth-order valence-corrected chi connectivity index (χ4v) is 5.57. The van der Waals surface area contributed by atoms with Crippen molar-refractivity contribution in [2.24, 2.45) is 0 Å². The molecule has 3 atom stereocenters. The van der Waals surface area contributed by atoms with Gasteiger partial charge in [0.25, 0.3) is 0 Å². The summed E-state index contributed by atoms with van der Waals surface area (Å²) in [6, 6.07) is 10.1. The lowest BCUT2D eigenvalue weighted by Crippen LogP contribution is -2.56. The van der Waals surface area contributed by atoms with E-state index in [2.05, 4.69) is 25.9 Å². The van der Waals surface area contributed by atoms with Crippen LogP contribution in [-0.2, 0) is 9.59 Å². The predicted molar refractivity (Wildman–Crippen MR) is 143 cm³/mol. The van der Waals surface area contributed by atoms with Crippen molar-refractivity contribution in [3.63, 3.8) is 0 Å². The molecular weight excluding hydrogens is 493 g/mol. The van der Waals surface area contributed by atoms with Crippen molar-refractivity contribution in [2.45, 2.75) is 50.2 Å². The van der Waals surface area contributed by atoms with Gasteiger partial charge >= 0.3 is 0 Å². The van der Waals surface area contributed by atoms with Crippen molar-refractivity contribution in [1.82, 2.24) is 15.3 Å². The maximum Gasteiger partial charge on any atom is 0.221 e. The molecule has 2 aliphatic rings. The highest BCUT2D eigenvalue weighted by Gasteiger charge is 2.49.